The summed E-state index contributed by atoms with van der Waals surface area (Å²) in [5.74, 6) is -0.621. The number of nitrogens with zero attached hydrogens (tertiary/aromatic N) is 2. The average molecular weight is 281 g/mol. The van der Waals surface area contributed by atoms with Gasteiger partial charge < -0.3 is 4.90 Å². The molecule has 6 nitrogen and oxygen atoms in total. The Morgan fingerprint density at radius 3 is 2.50 bits per heavy atom. The fraction of sp³-hybridized carbons (Fsp3) is 0.786. The molecule has 4 amide bonds. The van der Waals surface area contributed by atoms with Gasteiger partial charge in [0.05, 0.1) is 0 Å². The lowest BCUT2D eigenvalue weighted by Crippen LogP contribution is -2.62. The second kappa shape index (κ2) is 5.16. The van der Waals surface area contributed by atoms with Crippen LogP contribution in [0.15, 0.2) is 0 Å². The molecule has 0 spiro atoms. The molecule has 2 fully saturated rings. The summed E-state index contributed by atoms with van der Waals surface area (Å²) in [5, 5.41) is 2.27. The molecule has 6 heteroatoms. The first-order chi connectivity index (χ1) is 9.23. The molecule has 1 unspecified atom stereocenters. The smallest absolute Gasteiger partial charge is 0.301 e. The largest absolute Gasteiger partial charge is 0.330 e. The van der Waals surface area contributed by atoms with Crippen LogP contribution in [0.2, 0.25) is 0 Å². The van der Waals surface area contributed by atoms with Crippen LogP contribution in [-0.4, -0.2) is 53.3 Å². The van der Waals surface area contributed by atoms with E-state index in [-0.39, 0.29) is 5.92 Å². The Labute approximate surface area is 119 Å². The Hall–Kier alpha value is -1.43. The number of urea groups is 1. The third-order valence-electron chi connectivity index (χ3n) is 4.30. The van der Waals surface area contributed by atoms with Crippen LogP contribution in [0.4, 0.5) is 4.79 Å². The van der Waals surface area contributed by atoms with Gasteiger partial charge in [-0.2, -0.15) is 0 Å². The second-order valence-electron chi connectivity index (χ2n) is 6.54. The summed E-state index contributed by atoms with van der Waals surface area (Å²) in [6.45, 7) is 9.67. The average Bonchev–Trinajstić information content (AvgIpc) is 2.81. The summed E-state index contributed by atoms with van der Waals surface area (Å²) >= 11 is 0. The number of nitrogens with one attached hydrogen (secondary N) is 1. The van der Waals surface area contributed by atoms with E-state index in [0.29, 0.717) is 12.6 Å². The molecule has 20 heavy (non-hydrogen) atoms. The third-order valence-corrected chi connectivity index (χ3v) is 4.30. The van der Waals surface area contributed by atoms with Gasteiger partial charge in [-0.3, -0.25) is 19.8 Å². The summed E-state index contributed by atoms with van der Waals surface area (Å²) in [6, 6.07) is -0.105. The minimum Gasteiger partial charge on any atom is -0.301 e. The van der Waals surface area contributed by atoms with Crippen LogP contribution in [0.3, 0.4) is 0 Å². The quantitative estimate of drug-likeness (QED) is 0.778. The number of rotatable bonds is 3. The van der Waals surface area contributed by atoms with Gasteiger partial charge in [-0.15, -0.1) is 0 Å². The van der Waals surface area contributed by atoms with Gasteiger partial charge in [0, 0.05) is 19.1 Å². The van der Waals surface area contributed by atoms with E-state index in [4.69, 9.17) is 0 Å². The van der Waals surface area contributed by atoms with Crippen molar-refractivity contribution in [2.24, 2.45) is 11.3 Å². The van der Waals surface area contributed by atoms with Crippen LogP contribution in [0.5, 0.6) is 0 Å². The van der Waals surface area contributed by atoms with Crippen LogP contribution < -0.4 is 5.32 Å². The molecule has 112 valence electrons. The lowest BCUT2D eigenvalue weighted by molar-refractivity contribution is -0.149. The van der Waals surface area contributed by atoms with Gasteiger partial charge in [0.25, 0.3) is 0 Å². The number of hydrogen-bond acceptors (Lipinski definition) is 4. The molecular formula is C14H23N3O3. The lowest BCUT2D eigenvalue weighted by Gasteiger charge is -2.35. The van der Waals surface area contributed by atoms with E-state index in [1.165, 1.54) is 4.90 Å². The lowest BCUT2D eigenvalue weighted by atomic mass is 9.88. The monoisotopic (exact) mass is 281 g/mol. The first-order valence-electron chi connectivity index (χ1n) is 7.15. The first kappa shape index (κ1) is 15.0. The van der Waals surface area contributed by atoms with Crippen molar-refractivity contribution in [1.82, 2.24) is 15.1 Å². The Morgan fingerprint density at radius 1 is 1.30 bits per heavy atom. The molecule has 0 aliphatic carbocycles. The van der Waals surface area contributed by atoms with E-state index in [1.54, 1.807) is 13.8 Å². The summed E-state index contributed by atoms with van der Waals surface area (Å²) in [5.41, 5.74) is -1.16. The SMILES string of the molecule is CC(C)N1CCC(CN2C(=O)NC(=O)C(C)(C)C2=O)C1. The molecule has 0 bridgehead atoms. The number of barbiturate groups is 1. The molecule has 0 aromatic heterocycles. The Morgan fingerprint density at radius 2 is 1.95 bits per heavy atom. The number of likely N-dealkylation sites (tertiary alicyclic amines) is 1. The van der Waals surface area contributed by atoms with Crippen LogP contribution in [0.1, 0.15) is 34.1 Å². The van der Waals surface area contributed by atoms with E-state index < -0.39 is 23.3 Å². The molecule has 0 saturated carbocycles. The number of imide groups is 2. The van der Waals surface area contributed by atoms with E-state index in [2.05, 4.69) is 24.1 Å². The predicted molar refractivity (Wildman–Crippen MR) is 73.8 cm³/mol. The van der Waals surface area contributed by atoms with Gasteiger partial charge in [-0.25, -0.2) is 4.79 Å². The highest BCUT2D eigenvalue weighted by molar-refractivity contribution is 6.18. The summed E-state index contributed by atoms with van der Waals surface area (Å²) < 4.78 is 0. The normalized spacial score (nSPS) is 27.4. The maximum atomic E-state index is 12.3. The van der Waals surface area contributed by atoms with Gasteiger partial charge in [0.2, 0.25) is 11.8 Å². The Kier molecular flexibility index (Phi) is 3.86. The molecule has 2 aliphatic heterocycles. The second-order valence-corrected chi connectivity index (χ2v) is 6.54. The zero-order valence-electron chi connectivity index (χ0n) is 12.6. The topological polar surface area (TPSA) is 69.7 Å². The standard InChI is InChI=1S/C14H23N3O3/c1-9(2)16-6-5-10(7-16)8-17-12(19)14(3,4)11(18)15-13(17)20/h9-10H,5-8H2,1-4H3,(H,15,18,20). The van der Waals surface area contributed by atoms with Gasteiger partial charge >= 0.3 is 6.03 Å². The maximum absolute atomic E-state index is 12.3. The zero-order chi connectivity index (χ0) is 15.1. The number of amides is 4. The molecule has 1 N–H and O–H groups in total. The number of carbonyl (C=O) groups excluding carboxylic acids is 3. The van der Waals surface area contributed by atoms with Crippen molar-refractivity contribution in [3.63, 3.8) is 0 Å². The molecule has 0 aromatic carbocycles. The first-order valence-corrected chi connectivity index (χ1v) is 7.15. The molecule has 2 heterocycles. The van der Waals surface area contributed by atoms with Crippen LogP contribution >= 0.6 is 0 Å². The number of hydrogen-bond donors (Lipinski definition) is 1. The zero-order valence-corrected chi connectivity index (χ0v) is 12.6. The van der Waals surface area contributed by atoms with E-state index in [1.807, 2.05) is 0 Å². The predicted octanol–water partition coefficient (Wildman–Crippen LogP) is 0.821. The van der Waals surface area contributed by atoms with Gasteiger partial charge in [0.15, 0.2) is 0 Å². The van der Waals surface area contributed by atoms with Gasteiger partial charge in [0.1, 0.15) is 5.41 Å². The fourth-order valence-corrected chi connectivity index (χ4v) is 2.75. The highest BCUT2D eigenvalue weighted by Gasteiger charge is 2.47. The fourth-order valence-electron chi connectivity index (χ4n) is 2.75. The Balaban J connectivity index is 2.04. The van der Waals surface area contributed by atoms with E-state index in [9.17, 15) is 14.4 Å². The minimum absolute atomic E-state index is 0.288. The van der Waals surface area contributed by atoms with Crippen LogP contribution in [-0.2, 0) is 9.59 Å². The van der Waals surface area contributed by atoms with Crippen LogP contribution in [0.25, 0.3) is 0 Å². The van der Waals surface area contributed by atoms with Crippen LogP contribution in [0, 0.1) is 11.3 Å². The molecule has 1 atom stereocenters. The van der Waals surface area contributed by atoms with Crippen molar-refractivity contribution >= 4 is 17.8 Å². The van der Waals surface area contributed by atoms with E-state index in [0.717, 1.165) is 19.5 Å². The molecule has 2 saturated heterocycles. The molecular weight excluding hydrogens is 258 g/mol. The molecule has 0 radical (unpaired) electrons. The highest BCUT2D eigenvalue weighted by atomic mass is 16.2. The third kappa shape index (κ3) is 2.57. The van der Waals surface area contributed by atoms with Crippen molar-refractivity contribution in [2.75, 3.05) is 19.6 Å². The van der Waals surface area contributed by atoms with Crippen molar-refractivity contribution in [1.29, 1.82) is 0 Å². The highest BCUT2D eigenvalue weighted by Crippen LogP contribution is 2.26. The van der Waals surface area contributed by atoms with Gasteiger partial charge in [-0.1, -0.05) is 0 Å². The van der Waals surface area contributed by atoms with Crippen molar-refractivity contribution < 1.29 is 14.4 Å². The summed E-state index contributed by atoms with van der Waals surface area (Å²) in [4.78, 5) is 39.4. The summed E-state index contributed by atoms with van der Waals surface area (Å²) in [6.07, 6.45) is 0.976. The molecule has 0 aromatic rings. The molecule has 2 rings (SSSR count). The van der Waals surface area contributed by atoms with Crippen molar-refractivity contribution in [2.45, 2.75) is 40.2 Å². The summed E-state index contributed by atoms with van der Waals surface area (Å²) in [7, 11) is 0. The van der Waals surface area contributed by atoms with Crippen molar-refractivity contribution in [3.05, 3.63) is 0 Å². The van der Waals surface area contributed by atoms with E-state index >= 15 is 0 Å². The maximum Gasteiger partial charge on any atom is 0.330 e. The Bertz CT molecular complexity index is 445. The van der Waals surface area contributed by atoms with Gasteiger partial charge in [-0.05, 0) is 46.6 Å². The minimum atomic E-state index is -1.16. The van der Waals surface area contributed by atoms with Crippen molar-refractivity contribution in [3.8, 4) is 0 Å². The molecule has 2 aliphatic rings. The number of carbonyl (C=O) groups is 3.